The van der Waals surface area contributed by atoms with Crippen LogP contribution in [0.2, 0.25) is 0 Å². The Hall–Kier alpha value is -2.00. The highest BCUT2D eigenvalue weighted by Gasteiger charge is 2.39. The fourth-order valence-electron chi connectivity index (χ4n) is 1.98. The van der Waals surface area contributed by atoms with Gasteiger partial charge in [0.1, 0.15) is 11.7 Å². The number of carbonyl (C=O) groups is 1. The molecule has 0 spiro atoms. The van der Waals surface area contributed by atoms with Crippen LogP contribution in [0.5, 0.6) is 5.88 Å². The van der Waals surface area contributed by atoms with Crippen LogP contribution in [0.3, 0.4) is 0 Å². The van der Waals surface area contributed by atoms with Crippen LogP contribution in [0.15, 0.2) is 18.3 Å². The molecule has 10 heteroatoms. The molecule has 0 bridgehead atoms. The van der Waals surface area contributed by atoms with E-state index in [9.17, 15) is 31.1 Å². The fraction of sp³-hybridized carbons (Fsp3) is 0.538. The fourth-order valence-corrected chi connectivity index (χ4v) is 1.98. The summed E-state index contributed by atoms with van der Waals surface area (Å²) in [5.41, 5.74) is -1.04. The van der Waals surface area contributed by atoms with E-state index in [4.69, 9.17) is 4.74 Å². The zero-order chi connectivity index (χ0) is 17.3. The van der Waals surface area contributed by atoms with Crippen LogP contribution < -0.4 is 4.74 Å². The van der Waals surface area contributed by atoms with E-state index in [-0.39, 0.29) is 13.1 Å². The summed E-state index contributed by atoms with van der Waals surface area (Å²) < 4.78 is 79.4. The van der Waals surface area contributed by atoms with Gasteiger partial charge in [0.25, 0.3) is 0 Å². The Balaban J connectivity index is 1.86. The van der Waals surface area contributed by atoms with E-state index in [1.807, 2.05) is 0 Å². The molecule has 0 aliphatic carbocycles. The van der Waals surface area contributed by atoms with Crippen LogP contribution in [-0.2, 0) is 11.0 Å². The lowest BCUT2D eigenvalue weighted by atomic mass is 10.1. The molecule has 0 atom stereocenters. The maximum atomic E-state index is 12.7. The first-order valence-electron chi connectivity index (χ1n) is 6.59. The number of nitrogens with zero attached hydrogens (tertiary/aromatic N) is 2. The molecule has 2 rings (SSSR count). The van der Waals surface area contributed by atoms with E-state index in [0.29, 0.717) is 0 Å². The monoisotopic (exact) mass is 342 g/mol. The van der Waals surface area contributed by atoms with E-state index < -0.39 is 48.6 Å². The summed E-state index contributed by atoms with van der Waals surface area (Å²) in [5.74, 6) is -1.31. The Morgan fingerprint density at radius 1 is 1.26 bits per heavy atom. The molecule has 1 aliphatic heterocycles. The van der Waals surface area contributed by atoms with Gasteiger partial charge in [-0.05, 0) is 12.1 Å². The molecule has 1 amide bonds. The van der Waals surface area contributed by atoms with Crippen molar-refractivity contribution in [3.05, 3.63) is 23.9 Å². The second-order valence-electron chi connectivity index (χ2n) is 5.01. The van der Waals surface area contributed by atoms with Gasteiger partial charge in [0.05, 0.1) is 19.5 Å². The number of amides is 1. The van der Waals surface area contributed by atoms with E-state index in [2.05, 4.69) is 4.98 Å². The average molecular weight is 342 g/mol. The third-order valence-electron chi connectivity index (χ3n) is 3.18. The third kappa shape index (κ3) is 4.73. The van der Waals surface area contributed by atoms with Crippen molar-refractivity contribution in [2.75, 3.05) is 13.1 Å². The highest BCUT2D eigenvalue weighted by Crippen LogP contribution is 2.35. The Morgan fingerprint density at radius 2 is 1.91 bits per heavy atom. The molecular formula is C13H12F6N2O2. The second-order valence-corrected chi connectivity index (χ2v) is 5.01. The van der Waals surface area contributed by atoms with Gasteiger partial charge in [0.2, 0.25) is 11.8 Å². The summed E-state index contributed by atoms with van der Waals surface area (Å²) in [7, 11) is 0. The van der Waals surface area contributed by atoms with Crippen molar-refractivity contribution < 1.29 is 35.9 Å². The zero-order valence-corrected chi connectivity index (χ0v) is 11.6. The molecule has 0 aromatic carbocycles. The van der Waals surface area contributed by atoms with Crippen LogP contribution in [-0.4, -0.2) is 41.2 Å². The van der Waals surface area contributed by atoms with Crippen LogP contribution in [0.4, 0.5) is 26.3 Å². The molecule has 2 heterocycles. The largest absolute Gasteiger partial charge is 0.470 e. The van der Waals surface area contributed by atoms with Gasteiger partial charge in [0.15, 0.2) is 0 Å². The number of hydrogen-bond acceptors (Lipinski definition) is 3. The van der Waals surface area contributed by atoms with Crippen LogP contribution >= 0.6 is 0 Å². The van der Waals surface area contributed by atoms with E-state index >= 15 is 0 Å². The van der Waals surface area contributed by atoms with Gasteiger partial charge in [-0.25, -0.2) is 4.98 Å². The van der Waals surface area contributed by atoms with Crippen molar-refractivity contribution >= 4 is 5.91 Å². The van der Waals surface area contributed by atoms with Gasteiger partial charge in [0, 0.05) is 12.6 Å². The highest BCUT2D eigenvalue weighted by atomic mass is 19.4. The maximum Gasteiger partial charge on any atom is 0.421 e. The minimum Gasteiger partial charge on any atom is -0.470 e. The number of rotatable bonds is 4. The van der Waals surface area contributed by atoms with Crippen molar-refractivity contribution in [2.45, 2.75) is 31.3 Å². The number of halogens is 6. The first-order valence-corrected chi connectivity index (χ1v) is 6.59. The molecule has 1 aromatic heterocycles. The van der Waals surface area contributed by atoms with Crippen molar-refractivity contribution in [1.29, 1.82) is 0 Å². The first kappa shape index (κ1) is 17.4. The van der Waals surface area contributed by atoms with E-state index in [1.54, 1.807) is 0 Å². The quantitative estimate of drug-likeness (QED) is 0.790. The smallest absolute Gasteiger partial charge is 0.421 e. The molecule has 128 valence electrons. The number of ether oxygens (including phenoxy) is 1. The minimum absolute atomic E-state index is 0.0649. The standard InChI is InChI=1S/C13H12F6N2O2/c14-12(15,16)4-3-10(22)21-6-8(7-21)23-11-9(13(17,18)19)2-1-5-20-11/h1-2,5,8H,3-4,6-7H2. The van der Waals surface area contributed by atoms with Crippen LogP contribution in [0.1, 0.15) is 18.4 Å². The average Bonchev–Trinajstić information content (AvgIpc) is 2.38. The summed E-state index contributed by atoms with van der Waals surface area (Å²) in [6, 6.07) is 1.93. The molecule has 0 N–H and O–H groups in total. The topological polar surface area (TPSA) is 42.4 Å². The molecule has 0 unspecified atom stereocenters. The normalized spacial score (nSPS) is 16.2. The van der Waals surface area contributed by atoms with E-state index in [1.165, 1.54) is 0 Å². The Bertz CT molecular complexity index is 566. The van der Waals surface area contributed by atoms with Crippen LogP contribution in [0, 0.1) is 0 Å². The predicted octanol–water partition coefficient (Wildman–Crippen LogP) is 3.03. The Labute approximate surface area is 127 Å². The molecule has 0 radical (unpaired) electrons. The lowest BCUT2D eigenvalue weighted by Crippen LogP contribution is -2.56. The number of pyridine rings is 1. The van der Waals surface area contributed by atoms with Gasteiger partial charge >= 0.3 is 12.4 Å². The van der Waals surface area contributed by atoms with Crippen molar-refractivity contribution in [3.8, 4) is 5.88 Å². The predicted molar refractivity (Wildman–Crippen MR) is 65.5 cm³/mol. The molecule has 4 nitrogen and oxygen atoms in total. The van der Waals surface area contributed by atoms with Gasteiger partial charge in [-0.2, -0.15) is 26.3 Å². The van der Waals surface area contributed by atoms with Crippen molar-refractivity contribution in [3.63, 3.8) is 0 Å². The highest BCUT2D eigenvalue weighted by molar-refractivity contribution is 5.77. The lowest BCUT2D eigenvalue weighted by Gasteiger charge is -2.39. The third-order valence-corrected chi connectivity index (χ3v) is 3.18. The van der Waals surface area contributed by atoms with Gasteiger partial charge in [-0.15, -0.1) is 0 Å². The lowest BCUT2D eigenvalue weighted by molar-refractivity contribution is -0.155. The van der Waals surface area contributed by atoms with Crippen molar-refractivity contribution in [2.24, 2.45) is 0 Å². The SMILES string of the molecule is O=C(CCC(F)(F)F)N1CC(Oc2ncccc2C(F)(F)F)C1. The molecule has 1 aromatic rings. The Morgan fingerprint density at radius 3 is 2.48 bits per heavy atom. The molecular weight excluding hydrogens is 330 g/mol. The first-order chi connectivity index (χ1) is 10.6. The summed E-state index contributed by atoms with van der Waals surface area (Å²) in [5, 5.41) is 0. The summed E-state index contributed by atoms with van der Waals surface area (Å²) in [6.07, 6.45) is -10.6. The number of alkyl halides is 6. The molecule has 23 heavy (non-hydrogen) atoms. The number of hydrogen-bond donors (Lipinski definition) is 0. The number of aromatic nitrogens is 1. The van der Waals surface area contributed by atoms with Crippen LogP contribution in [0.25, 0.3) is 0 Å². The maximum absolute atomic E-state index is 12.7. The summed E-state index contributed by atoms with van der Waals surface area (Å²) >= 11 is 0. The number of likely N-dealkylation sites (tertiary alicyclic amines) is 1. The summed E-state index contributed by atoms with van der Waals surface area (Å²) in [6.45, 7) is -0.130. The zero-order valence-electron chi connectivity index (χ0n) is 11.6. The van der Waals surface area contributed by atoms with E-state index in [0.717, 1.165) is 23.2 Å². The van der Waals surface area contributed by atoms with Gasteiger partial charge < -0.3 is 9.64 Å². The summed E-state index contributed by atoms with van der Waals surface area (Å²) in [4.78, 5) is 16.1. The Kier molecular flexibility index (Phi) is 4.71. The molecule has 1 fully saturated rings. The molecule has 1 saturated heterocycles. The molecule has 0 saturated carbocycles. The van der Waals surface area contributed by atoms with Gasteiger partial charge in [-0.1, -0.05) is 0 Å². The second kappa shape index (κ2) is 6.25. The minimum atomic E-state index is -4.63. The molecule has 1 aliphatic rings. The van der Waals surface area contributed by atoms with Crippen molar-refractivity contribution in [1.82, 2.24) is 9.88 Å². The number of carbonyl (C=O) groups excluding carboxylic acids is 1. The van der Waals surface area contributed by atoms with Gasteiger partial charge in [-0.3, -0.25) is 4.79 Å².